The van der Waals surface area contributed by atoms with Crippen LogP contribution < -0.4 is 5.32 Å². The first-order valence-electron chi connectivity index (χ1n) is 8.43. The molecule has 1 spiro atoms. The van der Waals surface area contributed by atoms with Crippen LogP contribution in [0.2, 0.25) is 0 Å². The van der Waals surface area contributed by atoms with E-state index in [1.807, 2.05) is 0 Å². The lowest BCUT2D eigenvalue weighted by Gasteiger charge is -2.44. The highest BCUT2D eigenvalue weighted by Crippen LogP contribution is 2.37. The second kappa shape index (κ2) is 6.99. The molecule has 3 unspecified atom stereocenters. The summed E-state index contributed by atoms with van der Waals surface area (Å²) in [6.07, 6.45) is 10.4. The van der Waals surface area contributed by atoms with Gasteiger partial charge in [0.25, 0.3) is 0 Å². The van der Waals surface area contributed by atoms with Crippen molar-refractivity contribution in [3.8, 4) is 0 Å². The number of nitrogens with one attached hydrogen (secondary N) is 1. The van der Waals surface area contributed by atoms with Gasteiger partial charge >= 0.3 is 0 Å². The maximum absolute atomic E-state index is 10.3. The maximum Gasteiger partial charge on any atom is 0.0713 e. The summed E-state index contributed by atoms with van der Waals surface area (Å²) in [5, 5.41) is 14.1. The number of ether oxygens (including phenoxy) is 1. The topological polar surface area (TPSA) is 41.5 Å². The van der Waals surface area contributed by atoms with Gasteiger partial charge in [0.15, 0.2) is 0 Å². The van der Waals surface area contributed by atoms with Gasteiger partial charge < -0.3 is 15.2 Å². The molecule has 3 fully saturated rings. The smallest absolute Gasteiger partial charge is 0.0713 e. The predicted octanol–water partition coefficient (Wildman–Crippen LogP) is 2.71. The first kappa shape index (κ1) is 15.1. The van der Waals surface area contributed by atoms with E-state index < -0.39 is 0 Å². The molecule has 3 aliphatic rings. The lowest BCUT2D eigenvalue weighted by atomic mass is 9.85. The maximum atomic E-state index is 10.3. The van der Waals surface area contributed by atoms with E-state index >= 15 is 0 Å². The predicted molar refractivity (Wildman–Crippen MR) is 84.3 cm³/mol. The summed E-state index contributed by atoms with van der Waals surface area (Å²) in [5.41, 5.74) is 0.150. The van der Waals surface area contributed by atoms with Crippen LogP contribution in [-0.2, 0) is 4.74 Å². The molecule has 116 valence electrons. The average molecular weight is 299 g/mol. The Morgan fingerprint density at radius 3 is 2.70 bits per heavy atom. The normalized spacial score (nSPS) is 38.5. The van der Waals surface area contributed by atoms with Gasteiger partial charge in [0, 0.05) is 18.7 Å². The van der Waals surface area contributed by atoms with Crippen molar-refractivity contribution in [3.05, 3.63) is 0 Å². The van der Waals surface area contributed by atoms with Crippen LogP contribution in [0.4, 0.5) is 0 Å². The van der Waals surface area contributed by atoms with Crippen molar-refractivity contribution in [1.29, 1.82) is 0 Å². The quantitative estimate of drug-likeness (QED) is 0.769. The van der Waals surface area contributed by atoms with Gasteiger partial charge in [-0.15, -0.1) is 0 Å². The van der Waals surface area contributed by atoms with Crippen molar-refractivity contribution in [2.45, 2.75) is 81.6 Å². The number of aliphatic hydroxyl groups excluding tert-OH is 1. The molecule has 4 heteroatoms. The molecule has 3 nitrogen and oxygen atoms in total. The summed E-state index contributed by atoms with van der Waals surface area (Å²) < 4.78 is 6.16. The van der Waals surface area contributed by atoms with Gasteiger partial charge in [-0.1, -0.05) is 19.3 Å². The highest BCUT2D eigenvalue weighted by molar-refractivity contribution is 7.99. The van der Waals surface area contributed by atoms with Gasteiger partial charge in [0.2, 0.25) is 0 Å². The van der Waals surface area contributed by atoms with E-state index in [1.54, 1.807) is 0 Å². The molecule has 1 saturated carbocycles. The molecular formula is C16H29NO2S. The molecule has 2 saturated heterocycles. The average Bonchev–Trinajstić information content (AvgIpc) is 2.65. The molecule has 0 aromatic rings. The Morgan fingerprint density at radius 2 is 1.85 bits per heavy atom. The van der Waals surface area contributed by atoms with Crippen molar-refractivity contribution < 1.29 is 9.84 Å². The van der Waals surface area contributed by atoms with Crippen LogP contribution >= 0.6 is 11.8 Å². The van der Waals surface area contributed by atoms with Gasteiger partial charge in [0.1, 0.15) is 0 Å². The molecule has 0 amide bonds. The fourth-order valence-corrected chi connectivity index (χ4v) is 5.28. The van der Waals surface area contributed by atoms with Crippen LogP contribution in [0.5, 0.6) is 0 Å². The van der Waals surface area contributed by atoms with Crippen LogP contribution in [0.3, 0.4) is 0 Å². The third-order valence-electron chi connectivity index (χ3n) is 5.33. The Balaban J connectivity index is 1.56. The second-order valence-corrected chi connectivity index (χ2v) is 8.04. The molecular weight excluding hydrogens is 270 g/mol. The highest BCUT2D eigenvalue weighted by atomic mass is 32.2. The van der Waals surface area contributed by atoms with Crippen LogP contribution in [0.15, 0.2) is 0 Å². The van der Waals surface area contributed by atoms with Crippen molar-refractivity contribution >= 4 is 11.8 Å². The third kappa shape index (κ3) is 3.70. The fourth-order valence-electron chi connectivity index (χ4n) is 4.05. The largest absolute Gasteiger partial charge is 0.392 e. The summed E-state index contributed by atoms with van der Waals surface area (Å²) in [7, 11) is 0. The van der Waals surface area contributed by atoms with Crippen LogP contribution in [-0.4, -0.2) is 47.0 Å². The first-order valence-corrected chi connectivity index (χ1v) is 9.59. The molecule has 20 heavy (non-hydrogen) atoms. The standard InChI is InChI=1S/C16H29NO2S/c18-15-5-3-1-2-4-14(15)17-13-6-9-19-16(12-13)7-10-20-11-8-16/h13-15,17-18H,1-12H2. The number of rotatable bonds is 2. The number of thioether (sulfide) groups is 1. The molecule has 0 aromatic carbocycles. The fraction of sp³-hybridized carbons (Fsp3) is 1.00. The molecule has 3 atom stereocenters. The van der Waals surface area contributed by atoms with Gasteiger partial charge in [-0.2, -0.15) is 11.8 Å². The van der Waals surface area contributed by atoms with E-state index in [-0.39, 0.29) is 11.7 Å². The Labute approximate surface area is 127 Å². The Bertz CT molecular complexity index is 301. The molecule has 1 aliphatic carbocycles. The van der Waals surface area contributed by atoms with Crippen LogP contribution in [0, 0.1) is 0 Å². The third-order valence-corrected chi connectivity index (χ3v) is 6.31. The van der Waals surface area contributed by atoms with E-state index in [4.69, 9.17) is 4.74 Å². The van der Waals surface area contributed by atoms with Crippen molar-refractivity contribution in [3.63, 3.8) is 0 Å². The Hall–Kier alpha value is 0.230. The summed E-state index contributed by atoms with van der Waals surface area (Å²) >= 11 is 2.06. The molecule has 2 N–H and O–H groups in total. The minimum absolute atomic E-state index is 0.141. The number of hydrogen-bond acceptors (Lipinski definition) is 4. The van der Waals surface area contributed by atoms with Crippen LogP contribution in [0.25, 0.3) is 0 Å². The molecule has 2 aliphatic heterocycles. The van der Waals surface area contributed by atoms with Gasteiger partial charge in [-0.3, -0.25) is 0 Å². The molecule has 3 rings (SSSR count). The van der Waals surface area contributed by atoms with E-state index in [0.29, 0.717) is 12.1 Å². The lowest BCUT2D eigenvalue weighted by molar-refractivity contribution is -0.0958. The zero-order valence-corrected chi connectivity index (χ0v) is 13.3. The SMILES string of the molecule is OC1CCCCCC1NC1CCOC2(CCSCC2)C1. The lowest BCUT2D eigenvalue weighted by Crippen LogP contribution is -2.53. The van der Waals surface area contributed by atoms with E-state index in [2.05, 4.69) is 17.1 Å². The van der Waals surface area contributed by atoms with Gasteiger partial charge in [0.05, 0.1) is 11.7 Å². The van der Waals surface area contributed by atoms with E-state index in [9.17, 15) is 5.11 Å². The van der Waals surface area contributed by atoms with Gasteiger partial charge in [-0.05, 0) is 50.0 Å². The summed E-state index contributed by atoms with van der Waals surface area (Å²) in [5.74, 6) is 2.50. The summed E-state index contributed by atoms with van der Waals surface area (Å²) in [6, 6.07) is 0.861. The van der Waals surface area contributed by atoms with Crippen molar-refractivity contribution in [1.82, 2.24) is 5.32 Å². The van der Waals surface area contributed by atoms with Crippen molar-refractivity contribution in [2.24, 2.45) is 0 Å². The highest BCUT2D eigenvalue weighted by Gasteiger charge is 2.39. The van der Waals surface area contributed by atoms with E-state index in [1.165, 1.54) is 43.6 Å². The summed E-state index contributed by atoms with van der Waals surface area (Å²) in [4.78, 5) is 0. The number of hydrogen-bond donors (Lipinski definition) is 2. The summed E-state index contributed by atoms with van der Waals surface area (Å²) in [6.45, 7) is 0.894. The Kier molecular flexibility index (Phi) is 5.29. The first-order chi connectivity index (χ1) is 9.77. The minimum Gasteiger partial charge on any atom is -0.392 e. The van der Waals surface area contributed by atoms with Crippen molar-refractivity contribution in [2.75, 3.05) is 18.1 Å². The van der Waals surface area contributed by atoms with Crippen LogP contribution in [0.1, 0.15) is 57.8 Å². The molecule has 0 aromatic heterocycles. The second-order valence-electron chi connectivity index (χ2n) is 6.81. The monoisotopic (exact) mass is 299 g/mol. The zero-order chi connectivity index (χ0) is 13.8. The van der Waals surface area contributed by atoms with E-state index in [0.717, 1.165) is 32.3 Å². The zero-order valence-electron chi connectivity index (χ0n) is 12.5. The molecule has 2 heterocycles. The minimum atomic E-state index is -0.141. The Morgan fingerprint density at radius 1 is 1.05 bits per heavy atom. The molecule has 0 radical (unpaired) electrons. The molecule has 0 bridgehead atoms. The number of aliphatic hydroxyl groups is 1. The van der Waals surface area contributed by atoms with Gasteiger partial charge in [-0.25, -0.2) is 0 Å².